The van der Waals surface area contributed by atoms with Gasteiger partial charge >= 0.3 is 0 Å². The number of hydrogen-bond acceptors (Lipinski definition) is 8. The summed E-state index contributed by atoms with van der Waals surface area (Å²) < 4.78 is 1.75. The third-order valence-electron chi connectivity index (χ3n) is 5.07. The van der Waals surface area contributed by atoms with Crippen LogP contribution in [-0.4, -0.2) is 67.7 Å². The van der Waals surface area contributed by atoms with Crippen LogP contribution >= 0.6 is 11.8 Å². The number of likely N-dealkylation sites (N-methyl/N-ethyl adjacent to an activating group) is 1. The van der Waals surface area contributed by atoms with Crippen LogP contribution in [0.25, 0.3) is 22.1 Å². The summed E-state index contributed by atoms with van der Waals surface area (Å²) in [7, 11) is 2.10. The van der Waals surface area contributed by atoms with Crippen molar-refractivity contribution in [1.82, 2.24) is 34.5 Å². The van der Waals surface area contributed by atoms with Crippen LogP contribution in [0.3, 0.4) is 0 Å². The third kappa shape index (κ3) is 3.45. The minimum Gasteiger partial charge on any atom is -0.329 e. The number of thioether (sulfide) groups is 1. The molecular weight excluding hydrogens is 388 g/mol. The highest BCUT2D eigenvalue weighted by Gasteiger charge is 2.20. The van der Waals surface area contributed by atoms with Crippen LogP contribution in [0.5, 0.6) is 0 Å². The molecule has 10 heteroatoms. The predicted octanol–water partition coefficient (Wildman–Crippen LogP) is 1.24. The molecular formula is C19H20N8OS. The van der Waals surface area contributed by atoms with E-state index in [2.05, 4.69) is 36.9 Å². The van der Waals surface area contributed by atoms with Gasteiger partial charge in [0, 0.05) is 26.2 Å². The summed E-state index contributed by atoms with van der Waals surface area (Å²) in [6.45, 7) is 3.38. The molecule has 9 nitrogen and oxygen atoms in total. The van der Waals surface area contributed by atoms with Gasteiger partial charge in [-0.3, -0.25) is 4.79 Å². The molecule has 0 bridgehead atoms. The number of hydrogen-bond donors (Lipinski definition) is 1. The molecule has 29 heavy (non-hydrogen) atoms. The second-order valence-corrected chi connectivity index (χ2v) is 7.94. The molecule has 1 aliphatic heterocycles. The Labute approximate surface area is 170 Å². The number of nitrogens with one attached hydrogen (secondary N) is 1. The van der Waals surface area contributed by atoms with Crippen LogP contribution in [0.4, 0.5) is 0 Å². The fourth-order valence-electron chi connectivity index (χ4n) is 3.47. The van der Waals surface area contributed by atoms with Crippen LogP contribution in [-0.2, 0) is 5.75 Å². The van der Waals surface area contributed by atoms with Gasteiger partial charge < -0.3 is 14.9 Å². The van der Waals surface area contributed by atoms with Crippen molar-refractivity contribution in [1.29, 1.82) is 0 Å². The Balaban J connectivity index is 1.52. The molecule has 1 fully saturated rings. The summed E-state index contributed by atoms with van der Waals surface area (Å²) in [5.41, 5.74) is 2.11. The van der Waals surface area contributed by atoms with Crippen molar-refractivity contribution in [3.8, 4) is 0 Å². The van der Waals surface area contributed by atoms with Crippen LogP contribution in [0.1, 0.15) is 5.82 Å². The number of benzene rings is 1. The summed E-state index contributed by atoms with van der Waals surface area (Å²) in [5, 5.41) is 3.35. The topological polar surface area (TPSA) is 95.8 Å². The molecule has 4 aromatic rings. The number of aromatic amines is 1. The maximum absolute atomic E-state index is 13.3. The fraction of sp³-hybridized carbons (Fsp3) is 0.316. The Morgan fingerprint density at radius 1 is 1.07 bits per heavy atom. The van der Waals surface area contributed by atoms with Gasteiger partial charge in [0.2, 0.25) is 0 Å². The Kier molecular flexibility index (Phi) is 4.64. The van der Waals surface area contributed by atoms with Gasteiger partial charge in [0.05, 0.1) is 29.2 Å². The van der Waals surface area contributed by atoms with E-state index in [1.807, 2.05) is 24.3 Å². The summed E-state index contributed by atoms with van der Waals surface area (Å²) in [4.78, 5) is 36.4. The minimum absolute atomic E-state index is 0.0271. The van der Waals surface area contributed by atoms with E-state index in [1.165, 1.54) is 11.8 Å². The number of rotatable bonds is 4. The molecule has 0 saturated carbocycles. The number of nitrogens with zero attached hydrogens (tertiary/aromatic N) is 7. The second-order valence-electron chi connectivity index (χ2n) is 7.00. The first-order valence-electron chi connectivity index (χ1n) is 9.42. The van der Waals surface area contributed by atoms with Crippen LogP contribution in [0.15, 0.2) is 46.7 Å². The Morgan fingerprint density at radius 3 is 2.76 bits per heavy atom. The first-order chi connectivity index (χ1) is 14.2. The van der Waals surface area contributed by atoms with E-state index in [9.17, 15) is 4.79 Å². The van der Waals surface area contributed by atoms with Crippen molar-refractivity contribution in [2.45, 2.75) is 10.9 Å². The van der Waals surface area contributed by atoms with Gasteiger partial charge in [-0.25, -0.2) is 24.6 Å². The molecule has 0 radical (unpaired) electrons. The molecule has 0 unspecified atom stereocenters. The largest absolute Gasteiger partial charge is 0.329 e. The van der Waals surface area contributed by atoms with Gasteiger partial charge in [0.15, 0.2) is 10.8 Å². The van der Waals surface area contributed by atoms with E-state index in [-0.39, 0.29) is 5.56 Å². The lowest BCUT2D eigenvalue weighted by Gasteiger charge is -2.35. The molecule has 0 atom stereocenters. The lowest BCUT2D eigenvalue weighted by atomic mass is 10.2. The zero-order valence-corrected chi connectivity index (χ0v) is 16.8. The monoisotopic (exact) mass is 408 g/mol. The molecule has 4 heterocycles. The zero-order chi connectivity index (χ0) is 19.8. The van der Waals surface area contributed by atoms with Crippen LogP contribution in [0, 0.1) is 0 Å². The Hall–Kier alpha value is -2.98. The highest BCUT2D eigenvalue weighted by Crippen LogP contribution is 2.20. The number of imidazole rings is 1. The van der Waals surface area contributed by atoms with Gasteiger partial charge in [-0.2, -0.15) is 0 Å². The Morgan fingerprint density at radius 2 is 1.90 bits per heavy atom. The van der Waals surface area contributed by atoms with Gasteiger partial charge in [-0.05, 0) is 19.2 Å². The SMILES string of the molecule is CN1CCN(n2c(CSc3ncc4nc[nH]c4n3)nc3ccccc3c2=O)CC1. The van der Waals surface area contributed by atoms with Gasteiger partial charge in [0.1, 0.15) is 11.3 Å². The van der Waals surface area contributed by atoms with Crippen molar-refractivity contribution in [2.75, 3.05) is 38.2 Å². The molecule has 0 spiro atoms. The standard InChI is InChI=1S/C19H20N8OS/c1-25-6-8-26(9-7-25)27-16(23-14-5-3-2-4-13(14)18(27)28)11-29-19-20-10-15-17(24-19)22-12-21-15/h2-5,10,12H,6-9,11H2,1H3,(H,20,21,22,24). The Bertz CT molecular complexity index is 1230. The number of H-pyrrole nitrogens is 1. The maximum atomic E-state index is 13.3. The first kappa shape index (κ1) is 18.1. The van der Waals surface area contributed by atoms with Crippen molar-refractivity contribution in [3.05, 3.63) is 53.0 Å². The molecule has 148 valence electrons. The second kappa shape index (κ2) is 7.45. The van der Waals surface area contributed by atoms with Crippen molar-refractivity contribution in [2.24, 2.45) is 0 Å². The molecule has 1 saturated heterocycles. The number of para-hydroxylation sites is 1. The molecule has 3 aromatic heterocycles. The number of piperazine rings is 1. The van der Waals surface area contributed by atoms with Gasteiger partial charge in [0.25, 0.3) is 5.56 Å². The summed E-state index contributed by atoms with van der Waals surface area (Å²) >= 11 is 1.46. The van der Waals surface area contributed by atoms with E-state index in [1.54, 1.807) is 17.2 Å². The molecule has 0 amide bonds. The zero-order valence-electron chi connectivity index (χ0n) is 15.9. The predicted molar refractivity (Wildman–Crippen MR) is 113 cm³/mol. The molecule has 0 aliphatic carbocycles. The van der Waals surface area contributed by atoms with Gasteiger partial charge in [-0.15, -0.1) is 0 Å². The van der Waals surface area contributed by atoms with E-state index in [0.29, 0.717) is 33.3 Å². The van der Waals surface area contributed by atoms with E-state index < -0.39 is 0 Å². The summed E-state index contributed by atoms with van der Waals surface area (Å²) in [5.74, 6) is 1.20. The lowest BCUT2D eigenvalue weighted by molar-refractivity contribution is 0.284. The maximum Gasteiger partial charge on any atom is 0.280 e. The van der Waals surface area contributed by atoms with E-state index in [0.717, 1.165) is 31.7 Å². The number of fused-ring (bicyclic) bond motifs is 2. The lowest BCUT2D eigenvalue weighted by Crippen LogP contribution is -2.54. The fourth-order valence-corrected chi connectivity index (χ4v) is 4.20. The number of aromatic nitrogens is 6. The van der Waals surface area contributed by atoms with Crippen LogP contribution in [0.2, 0.25) is 0 Å². The van der Waals surface area contributed by atoms with Crippen molar-refractivity contribution in [3.63, 3.8) is 0 Å². The minimum atomic E-state index is -0.0271. The highest BCUT2D eigenvalue weighted by atomic mass is 32.2. The smallest absolute Gasteiger partial charge is 0.280 e. The summed E-state index contributed by atoms with van der Waals surface area (Å²) in [6.07, 6.45) is 3.30. The quantitative estimate of drug-likeness (QED) is 0.398. The van der Waals surface area contributed by atoms with Crippen molar-refractivity contribution >= 4 is 33.8 Å². The summed E-state index contributed by atoms with van der Waals surface area (Å²) in [6, 6.07) is 7.50. The molecule has 1 N–H and O–H groups in total. The van der Waals surface area contributed by atoms with Gasteiger partial charge in [-0.1, -0.05) is 23.9 Å². The molecule has 5 rings (SSSR count). The molecule has 1 aliphatic rings. The highest BCUT2D eigenvalue weighted by molar-refractivity contribution is 7.98. The van der Waals surface area contributed by atoms with Crippen molar-refractivity contribution < 1.29 is 0 Å². The van der Waals surface area contributed by atoms with E-state index >= 15 is 0 Å². The van der Waals surface area contributed by atoms with Crippen LogP contribution < -0.4 is 10.6 Å². The first-order valence-corrected chi connectivity index (χ1v) is 10.4. The average Bonchev–Trinajstić information content (AvgIpc) is 3.21. The third-order valence-corrected chi connectivity index (χ3v) is 5.92. The molecule has 1 aromatic carbocycles. The normalized spacial score (nSPS) is 15.4. The van der Waals surface area contributed by atoms with E-state index in [4.69, 9.17) is 4.98 Å². The average molecular weight is 408 g/mol.